The zero-order chi connectivity index (χ0) is 16.4. The van der Waals surface area contributed by atoms with Crippen molar-refractivity contribution in [3.8, 4) is 0 Å². The van der Waals surface area contributed by atoms with E-state index in [9.17, 15) is 4.79 Å². The molecule has 0 radical (unpaired) electrons. The third kappa shape index (κ3) is 3.92. The van der Waals surface area contributed by atoms with Gasteiger partial charge in [0.15, 0.2) is 10.8 Å². The molecule has 3 rings (SSSR count). The first-order chi connectivity index (χ1) is 11.1. The van der Waals surface area contributed by atoms with E-state index in [0.29, 0.717) is 18.2 Å². The number of hydrogen-bond donors (Lipinski definition) is 2. The lowest BCUT2D eigenvalue weighted by molar-refractivity contribution is 0.102. The highest BCUT2D eigenvalue weighted by atomic mass is 79.9. The monoisotopic (exact) mass is 430 g/mol. The number of hydrogen-bond acceptors (Lipinski definition) is 6. The fraction of sp³-hybridized carbons (Fsp3) is 0.286. The maximum absolute atomic E-state index is 12.2. The lowest BCUT2D eigenvalue weighted by Crippen LogP contribution is -2.12. The Bertz CT molecular complexity index is 864. The lowest BCUT2D eigenvalue weighted by atomic mass is 10.1. The van der Waals surface area contributed by atoms with E-state index >= 15 is 0 Å². The first kappa shape index (κ1) is 18.8. The molecule has 7 nitrogen and oxygen atoms in total. The van der Waals surface area contributed by atoms with Crippen LogP contribution in [0.25, 0.3) is 10.2 Å². The van der Waals surface area contributed by atoms with Crippen molar-refractivity contribution in [1.82, 2.24) is 20.0 Å². The number of aromatic nitrogens is 4. The number of halogens is 2. The Balaban J connectivity index is 0.00000208. The predicted octanol–water partition coefficient (Wildman–Crippen LogP) is 2.85. The summed E-state index contributed by atoms with van der Waals surface area (Å²) in [6, 6.07) is 4.05. The van der Waals surface area contributed by atoms with Crippen molar-refractivity contribution in [2.45, 2.75) is 19.9 Å². The minimum Gasteiger partial charge on any atom is -0.329 e. The Morgan fingerprint density at radius 3 is 2.96 bits per heavy atom. The second kappa shape index (κ2) is 8.02. The quantitative estimate of drug-likeness (QED) is 0.647. The van der Waals surface area contributed by atoms with Crippen molar-refractivity contribution in [2.24, 2.45) is 5.73 Å². The van der Waals surface area contributed by atoms with Gasteiger partial charge < -0.3 is 5.73 Å². The Labute approximate surface area is 157 Å². The van der Waals surface area contributed by atoms with Gasteiger partial charge in [-0.25, -0.2) is 4.98 Å². The van der Waals surface area contributed by atoms with E-state index in [0.717, 1.165) is 26.7 Å². The third-order valence-corrected chi connectivity index (χ3v) is 4.65. The van der Waals surface area contributed by atoms with E-state index in [2.05, 4.69) is 43.5 Å². The second-order valence-corrected chi connectivity index (χ2v) is 6.84. The normalized spacial score (nSPS) is 10.6. The number of nitrogens with one attached hydrogen (secondary N) is 1. The molecule has 0 bridgehead atoms. The molecule has 0 spiro atoms. The summed E-state index contributed by atoms with van der Waals surface area (Å²) in [7, 11) is 0. The zero-order valence-corrected chi connectivity index (χ0v) is 16.0. The summed E-state index contributed by atoms with van der Waals surface area (Å²) in [5.74, 6) is -0.329. The minimum absolute atomic E-state index is 0. The van der Waals surface area contributed by atoms with Crippen molar-refractivity contribution in [1.29, 1.82) is 0 Å². The van der Waals surface area contributed by atoms with Crippen LogP contribution in [0.1, 0.15) is 23.0 Å². The van der Waals surface area contributed by atoms with Crippen molar-refractivity contribution in [3.05, 3.63) is 34.1 Å². The largest absolute Gasteiger partial charge is 0.329 e. The summed E-state index contributed by atoms with van der Waals surface area (Å²) in [6.07, 6.45) is 2.45. The number of carbonyl (C=O) groups excluding carboxylic acids is 1. The van der Waals surface area contributed by atoms with Crippen LogP contribution in [0.5, 0.6) is 0 Å². The first-order valence-electron chi connectivity index (χ1n) is 7.11. The molecule has 10 heteroatoms. The van der Waals surface area contributed by atoms with Crippen LogP contribution in [0.2, 0.25) is 0 Å². The summed E-state index contributed by atoms with van der Waals surface area (Å²) in [5.41, 5.74) is 7.75. The molecule has 0 saturated carbocycles. The van der Waals surface area contributed by atoms with Crippen molar-refractivity contribution < 1.29 is 4.79 Å². The molecule has 0 aliphatic carbocycles. The van der Waals surface area contributed by atoms with Crippen LogP contribution in [0, 0.1) is 0 Å². The number of rotatable bonds is 5. The molecular weight excluding hydrogens is 416 g/mol. The van der Waals surface area contributed by atoms with Gasteiger partial charge in [-0.2, -0.15) is 0 Å². The summed E-state index contributed by atoms with van der Waals surface area (Å²) in [6.45, 7) is 3.04. The highest BCUT2D eigenvalue weighted by Crippen LogP contribution is 2.31. The summed E-state index contributed by atoms with van der Waals surface area (Å²) >= 11 is 4.93. The molecule has 3 N–H and O–H groups in total. The van der Waals surface area contributed by atoms with E-state index in [1.54, 1.807) is 10.9 Å². The molecule has 0 fully saturated rings. The summed E-state index contributed by atoms with van der Waals surface area (Å²) < 4.78 is 3.57. The van der Waals surface area contributed by atoms with Crippen LogP contribution in [0.4, 0.5) is 5.13 Å². The van der Waals surface area contributed by atoms with E-state index in [-0.39, 0.29) is 24.0 Å². The van der Waals surface area contributed by atoms with Crippen LogP contribution in [0.3, 0.4) is 0 Å². The predicted molar refractivity (Wildman–Crippen MR) is 101 cm³/mol. The van der Waals surface area contributed by atoms with Crippen molar-refractivity contribution >= 4 is 60.9 Å². The highest BCUT2D eigenvalue weighted by molar-refractivity contribution is 9.10. The van der Waals surface area contributed by atoms with Crippen molar-refractivity contribution in [2.75, 3.05) is 11.9 Å². The molecule has 2 heterocycles. The molecule has 0 saturated heterocycles. The van der Waals surface area contributed by atoms with Gasteiger partial charge in [0.25, 0.3) is 5.91 Å². The standard InChI is InChI=1S/C14H15BrN6OS.ClH/c1-2-8-5-9(15)6-11-12(8)17-14(23-11)18-13(22)10-7-21(4-3-16)20-19-10;/h5-7H,2-4,16H2,1H3,(H,17,18,22);1H. The van der Waals surface area contributed by atoms with Gasteiger partial charge in [-0.1, -0.05) is 39.4 Å². The maximum Gasteiger partial charge on any atom is 0.279 e. The van der Waals surface area contributed by atoms with E-state index in [4.69, 9.17) is 5.73 Å². The van der Waals surface area contributed by atoms with Crippen LogP contribution in [-0.2, 0) is 13.0 Å². The molecule has 0 aliphatic heterocycles. The van der Waals surface area contributed by atoms with Gasteiger partial charge in [0.2, 0.25) is 0 Å². The third-order valence-electron chi connectivity index (χ3n) is 3.27. The van der Waals surface area contributed by atoms with Crippen LogP contribution >= 0.6 is 39.7 Å². The summed E-state index contributed by atoms with van der Waals surface area (Å²) in [4.78, 5) is 16.8. The molecule has 0 aliphatic rings. The van der Waals surface area contributed by atoms with Gasteiger partial charge in [-0.05, 0) is 24.1 Å². The van der Waals surface area contributed by atoms with E-state index < -0.39 is 0 Å². The number of nitrogens with zero attached hydrogens (tertiary/aromatic N) is 4. The maximum atomic E-state index is 12.2. The zero-order valence-electron chi connectivity index (χ0n) is 12.8. The average Bonchev–Trinajstić information content (AvgIpc) is 3.13. The molecule has 24 heavy (non-hydrogen) atoms. The number of amides is 1. The molecule has 1 aromatic carbocycles. The number of anilines is 1. The Morgan fingerprint density at radius 1 is 1.46 bits per heavy atom. The first-order valence-corrected chi connectivity index (χ1v) is 8.72. The topological polar surface area (TPSA) is 98.7 Å². The molecule has 1 amide bonds. The number of aryl methyl sites for hydroxylation is 1. The van der Waals surface area contributed by atoms with Crippen LogP contribution in [0.15, 0.2) is 22.8 Å². The number of benzene rings is 1. The number of nitrogens with two attached hydrogens (primary N) is 1. The molecular formula is C14H16BrClN6OS. The minimum atomic E-state index is -0.329. The van der Waals surface area contributed by atoms with Gasteiger partial charge in [-0.3, -0.25) is 14.8 Å². The number of thiazole rings is 1. The van der Waals surface area contributed by atoms with E-state index in [1.165, 1.54) is 11.3 Å². The summed E-state index contributed by atoms with van der Waals surface area (Å²) in [5, 5.41) is 11.0. The lowest BCUT2D eigenvalue weighted by Gasteiger charge is -1.98. The Morgan fingerprint density at radius 2 is 2.25 bits per heavy atom. The second-order valence-electron chi connectivity index (χ2n) is 4.89. The Hall–Kier alpha value is -1.55. The van der Waals surface area contributed by atoms with Gasteiger partial charge in [0, 0.05) is 11.0 Å². The molecule has 128 valence electrons. The van der Waals surface area contributed by atoms with Gasteiger partial charge in [0.1, 0.15) is 0 Å². The van der Waals surface area contributed by atoms with Gasteiger partial charge in [-0.15, -0.1) is 17.5 Å². The Kier molecular flexibility index (Phi) is 6.27. The molecule has 3 aromatic rings. The van der Waals surface area contributed by atoms with Gasteiger partial charge >= 0.3 is 0 Å². The molecule has 2 aromatic heterocycles. The fourth-order valence-corrected chi connectivity index (χ4v) is 3.79. The van der Waals surface area contributed by atoms with Crippen LogP contribution < -0.4 is 11.1 Å². The number of fused-ring (bicyclic) bond motifs is 1. The average molecular weight is 432 g/mol. The van der Waals surface area contributed by atoms with Gasteiger partial charge in [0.05, 0.1) is 23.0 Å². The van der Waals surface area contributed by atoms with Crippen LogP contribution in [-0.4, -0.2) is 32.4 Å². The number of carbonyl (C=O) groups is 1. The molecule has 0 atom stereocenters. The smallest absolute Gasteiger partial charge is 0.279 e. The SMILES string of the molecule is CCc1cc(Br)cc2sc(NC(=O)c3cn(CCN)nn3)nc12.Cl. The highest BCUT2D eigenvalue weighted by Gasteiger charge is 2.15. The van der Waals surface area contributed by atoms with E-state index in [1.807, 2.05) is 12.1 Å². The molecule has 0 unspecified atom stereocenters. The van der Waals surface area contributed by atoms with Crippen molar-refractivity contribution in [3.63, 3.8) is 0 Å². The fourth-order valence-electron chi connectivity index (χ4n) is 2.19.